The highest BCUT2D eigenvalue weighted by Gasteiger charge is 2.15. The van der Waals surface area contributed by atoms with Crippen LogP contribution in [0.1, 0.15) is 25.0 Å². The Morgan fingerprint density at radius 2 is 2.19 bits per heavy atom. The molecule has 1 heterocycles. The summed E-state index contributed by atoms with van der Waals surface area (Å²) in [5, 5.41) is 3.95. The lowest BCUT2D eigenvalue weighted by Crippen LogP contribution is -2.23. The van der Waals surface area contributed by atoms with Crippen LogP contribution in [0.25, 0.3) is 0 Å². The van der Waals surface area contributed by atoms with Gasteiger partial charge in [0.15, 0.2) is 0 Å². The summed E-state index contributed by atoms with van der Waals surface area (Å²) < 4.78 is 3.87. The Bertz CT molecular complexity index is 733. The number of hydrogen-bond acceptors (Lipinski definition) is 4. The van der Waals surface area contributed by atoms with E-state index in [0.717, 1.165) is 11.3 Å². The van der Waals surface area contributed by atoms with E-state index in [1.54, 1.807) is 0 Å². The highest BCUT2D eigenvalue weighted by Crippen LogP contribution is 2.26. The number of nitrogens with one attached hydrogen (secondary N) is 2. The maximum Gasteiger partial charge on any atom is 0.271 e. The van der Waals surface area contributed by atoms with Crippen molar-refractivity contribution >= 4 is 50.6 Å². The molecule has 4 N–H and O–H groups in total. The fourth-order valence-electron chi connectivity index (χ4n) is 1.86. The van der Waals surface area contributed by atoms with E-state index in [2.05, 4.69) is 43.3 Å². The minimum atomic E-state index is -0.215. The monoisotopic (exact) mass is 416 g/mol. The molecule has 7 heteroatoms. The summed E-state index contributed by atoms with van der Waals surface area (Å²) in [6, 6.07) is 6.11. The zero-order chi connectivity index (χ0) is 15.6. The van der Waals surface area contributed by atoms with Crippen molar-refractivity contribution in [3.63, 3.8) is 0 Å². The smallest absolute Gasteiger partial charge is 0.271 e. The van der Waals surface area contributed by atoms with Gasteiger partial charge in [-0.2, -0.15) is 0 Å². The minimum Gasteiger partial charge on any atom is -0.383 e. The molecule has 5 nitrogen and oxygen atoms in total. The largest absolute Gasteiger partial charge is 0.383 e. The summed E-state index contributed by atoms with van der Waals surface area (Å²) in [4.78, 5) is 16.2. The molecule has 2 aromatic rings. The lowest BCUT2D eigenvalue weighted by Gasteiger charge is -2.09. The number of halogens is 1. The molecule has 1 aromatic carbocycles. The third-order valence-corrected chi connectivity index (χ3v) is 4.26. The van der Waals surface area contributed by atoms with Gasteiger partial charge in [-0.05, 0) is 78.7 Å². The molecule has 0 spiro atoms. The van der Waals surface area contributed by atoms with Gasteiger partial charge in [0.2, 0.25) is 0 Å². The molecule has 0 aliphatic carbocycles. The van der Waals surface area contributed by atoms with Crippen LogP contribution in [0.2, 0.25) is 0 Å². The molecule has 1 aromatic heterocycles. The number of aromatic nitrogens is 1. The molecule has 112 valence electrons. The zero-order valence-corrected chi connectivity index (χ0v) is 15.0. The van der Waals surface area contributed by atoms with E-state index >= 15 is 0 Å². The van der Waals surface area contributed by atoms with Gasteiger partial charge in [0.05, 0.1) is 0 Å². The quantitative estimate of drug-likeness (QED) is 0.407. The van der Waals surface area contributed by atoms with E-state index in [9.17, 15) is 4.79 Å². The van der Waals surface area contributed by atoms with Crippen LogP contribution in [0.5, 0.6) is 0 Å². The Morgan fingerprint density at radius 3 is 2.81 bits per heavy atom. The van der Waals surface area contributed by atoms with Crippen molar-refractivity contribution < 1.29 is 0 Å². The van der Waals surface area contributed by atoms with E-state index in [-0.39, 0.29) is 17.4 Å². The molecular weight excluding hydrogens is 399 g/mol. The van der Waals surface area contributed by atoms with E-state index in [1.165, 1.54) is 15.1 Å². The predicted octanol–water partition coefficient (Wildman–Crippen LogP) is 3.21. The Balaban J connectivity index is 2.40. The lowest BCUT2D eigenvalue weighted by atomic mass is 10.2. The molecule has 0 amide bonds. The molecule has 0 aliphatic heterocycles. The number of aliphatic imine (C=N–C) groups is 1. The highest BCUT2D eigenvalue weighted by atomic mass is 127. The van der Waals surface area contributed by atoms with Crippen molar-refractivity contribution in [3.05, 3.63) is 43.2 Å². The standard InChI is InChI=1S/C14H17IN4OS/c1-7(2)17-12(16)11-13(20)19-21-14(11)18-10-5-4-9(15)6-8(10)3/h4-7,18H,1-3H3,(H2,16,17)(H,19,20). The molecule has 0 bridgehead atoms. The molecule has 2 rings (SSSR count). The van der Waals surface area contributed by atoms with Gasteiger partial charge in [-0.1, -0.05) is 0 Å². The molecule has 0 unspecified atom stereocenters. The maximum absolute atomic E-state index is 11.9. The third-order valence-electron chi connectivity index (χ3n) is 2.79. The van der Waals surface area contributed by atoms with Gasteiger partial charge in [0.25, 0.3) is 5.56 Å². The number of hydrogen-bond donors (Lipinski definition) is 3. The first-order valence-electron chi connectivity index (χ1n) is 6.46. The van der Waals surface area contributed by atoms with Crippen molar-refractivity contribution in [1.29, 1.82) is 0 Å². The first-order chi connectivity index (χ1) is 9.88. The van der Waals surface area contributed by atoms with Crippen LogP contribution in [-0.2, 0) is 0 Å². The van der Waals surface area contributed by atoms with Crippen molar-refractivity contribution in [2.45, 2.75) is 26.8 Å². The van der Waals surface area contributed by atoms with Crippen molar-refractivity contribution in [1.82, 2.24) is 4.37 Å². The Labute approximate surface area is 141 Å². The number of benzene rings is 1. The average molecular weight is 416 g/mol. The summed E-state index contributed by atoms with van der Waals surface area (Å²) in [7, 11) is 0. The lowest BCUT2D eigenvalue weighted by molar-refractivity contribution is 0.834. The van der Waals surface area contributed by atoms with Crippen LogP contribution in [0.4, 0.5) is 10.7 Å². The molecule has 0 saturated heterocycles. The van der Waals surface area contributed by atoms with Gasteiger partial charge in [-0.25, -0.2) is 0 Å². The Morgan fingerprint density at radius 1 is 1.48 bits per heavy atom. The third kappa shape index (κ3) is 3.85. The van der Waals surface area contributed by atoms with Crippen LogP contribution < -0.4 is 16.6 Å². The van der Waals surface area contributed by atoms with Crippen LogP contribution in [0.15, 0.2) is 28.0 Å². The number of anilines is 2. The SMILES string of the molecule is Cc1cc(I)ccc1Nc1s[nH]c(=O)c1C(N)=NC(C)C. The van der Waals surface area contributed by atoms with E-state index in [1.807, 2.05) is 32.9 Å². The fraction of sp³-hybridized carbons (Fsp3) is 0.286. The first-order valence-corrected chi connectivity index (χ1v) is 8.36. The van der Waals surface area contributed by atoms with Gasteiger partial charge in [-0.3, -0.25) is 14.2 Å². The number of aromatic amines is 1. The predicted molar refractivity (Wildman–Crippen MR) is 98.0 cm³/mol. The second-order valence-corrected chi connectivity index (χ2v) is 6.99. The highest BCUT2D eigenvalue weighted by molar-refractivity contribution is 14.1. The summed E-state index contributed by atoms with van der Waals surface area (Å²) in [6.07, 6.45) is 0. The molecule has 0 fully saturated rings. The number of nitrogens with zero attached hydrogens (tertiary/aromatic N) is 1. The van der Waals surface area contributed by atoms with Gasteiger partial charge in [-0.15, -0.1) is 0 Å². The second kappa shape index (κ2) is 6.61. The van der Waals surface area contributed by atoms with Crippen molar-refractivity contribution in [2.75, 3.05) is 5.32 Å². The van der Waals surface area contributed by atoms with Crippen molar-refractivity contribution in [3.8, 4) is 0 Å². The Kier molecular flexibility index (Phi) is 5.04. The molecule has 0 atom stereocenters. The number of nitrogens with two attached hydrogens (primary N) is 1. The molecule has 0 aliphatic rings. The molecular formula is C14H17IN4OS. The first kappa shape index (κ1) is 16.0. The van der Waals surface area contributed by atoms with Crippen LogP contribution in [-0.4, -0.2) is 16.3 Å². The molecule has 0 radical (unpaired) electrons. The molecule has 21 heavy (non-hydrogen) atoms. The van der Waals surface area contributed by atoms with E-state index in [0.29, 0.717) is 10.6 Å². The van der Waals surface area contributed by atoms with Crippen LogP contribution in [0, 0.1) is 10.5 Å². The van der Waals surface area contributed by atoms with Gasteiger partial charge in [0.1, 0.15) is 16.4 Å². The van der Waals surface area contributed by atoms with E-state index < -0.39 is 0 Å². The van der Waals surface area contributed by atoms with Gasteiger partial charge in [0, 0.05) is 15.3 Å². The minimum absolute atomic E-state index is 0.0391. The normalized spacial score (nSPS) is 12.0. The number of amidine groups is 1. The van der Waals surface area contributed by atoms with Gasteiger partial charge >= 0.3 is 0 Å². The van der Waals surface area contributed by atoms with E-state index in [4.69, 9.17) is 5.73 Å². The fourth-order valence-corrected chi connectivity index (χ4v) is 3.26. The number of rotatable bonds is 4. The van der Waals surface area contributed by atoms with Crippen molar-refractivity contribution in [2.24, 2.45) is 10.7 Å². The summed E-state index contributed by atoms with van der Waals surface area (Å²) >= 11 is 3.50. The zero-order valence-electron chi connectivity index (χ0n) is 12.0. The average Bonchev–Trinajstić information content (AvgIpc) is 2.73. The summed E-state index contributed by atoms with van der Waals surface area (Å²) in [6.45, 7) is 5.86. The topological polar surface area (TPSA) is 83.3 Å². The second-order valence-electron chi connectivity index (χ2n) is 4.93. The van der Waals surface area contributed by atoms with Crippen LogP contribution in [0.3, 0.4) is 0 Å². The van der Waals surface area contributed by atoms with Crippen LogP contribution >= 0.6 is 34.1 Å². The number of H-pyrrole nitrogens is 1. The summed E-state index contributed by atoms with van der Waals surface area (Å²) in [5.41, 5.74) is 8.20. The summed E-state index contributed by atoms with van der Waals surface area (Å²) in [5.74, 6) is 0.262. The van der Waals surface area contributed by atoms with Gasteiger partial charge < -0.3 is 11.1 Å². The molecule has 0 saturated carbocycles. The number of aryl methyl sites for hydroxylation is 1. The Hall–Kier alpha value is -1.35. The maximum atomic E-state index is 11.9.